The van der Waals surface area contributed by atoms with Gasteiger partial charge in [-0.2, -0.15) is 5.10 Å². The maximum absolute atomic E-state index is 5.89. The summed E-state index contributed by atoms with van der Waals surface area (Å²) in [6.45, 7) is 5.66. The molecule has 3 aromatic rings. The molecule has 0 bridgehead atoms. The van der Waals surface area contributed by atoms with Crippen LogP contribution in [0.5, 0.6) is 11.5 Å². The molecule has 0 aliphatic carbocycles. The van der Waals surface area contributed by atoms with Crippen molar-refractivity contribution in [2.24, 2.45) is 0 Å². The Morgan fingerprint density at radius 3 is 2.75 bits per heavy atom. The highest BCUT2D eigenvalue weighted by atomic mass is 16.5. The molecule has 4 rings (SSSR count). The van der Waals surface area contributed by atoms with E-state index in [4.69, 9.17) is 9.47 Å². The molecule has 1 N–H and O–H groups in total. The molecule has 2 aromatic carbocycles. The fraction of sp³-hybridized carbons (Fsp3) is 0.348. The van der Waals surface area contributed by atoms with E-state index >= 15 is 0 Å². The molecule has 1 aromatic heterocycles. The fourth-order valence-corrected chi connectivity index (χ4v) is 3.72. The van der Waals surface area contributed by atoms with Crippen LogP contribution in [0.4, 0.5) is 0 Å². The van der Waals surface area contributed by atoms with E-state index in [1.807, 2.05) is 12.1 Å². The first-order chi connectivity index (χ1) is 13.8. The van der Waals surface area contributed by atoms with Gasteiger partial charge in [0.1, 0.15) is 0 Å². The van der Waals surface area contributed by atoms with E-state index < -0.39 is 0 Å². The molecule has 1 aliphatic heterocycles. The number of fused-ring (bicyclic) bond motifs is 1. The lowest BCUT2D eigenvalue weighted by atomic mass is 10.00. The smallest absolute Gasteiger partial charge is 0.161 e. The third-order valence-corrected chi connectivity index (χ3v) is 5.16. The number of benzene rings is 2. The van der Waals surface area contributed by atoms with Crippen LogP contribution in [0.25, 0.3) is 11.3 Å². The van der Waals surface area contributed by atoms with E-state index in [0.717, 1.165) is 55.2 Å². The van der Waals surface area contributed by atoms with Crippen LogP contribution in [0.2, 0.25) is 0 Å². The highest BCUT2D eigenvalue weighted by molar-refractivity contribution is 5.68. The van der Waals surface area contributed by atoms with Crippen molar-refractivity contribution in [1.82, 2.24) is 15.1 Å². The summed E-state index contributed by atoms with van der Waals surface area (Å²) in [5.74, 6) is 1.53. The van der Waals surface area contributed by atoms with E-state index in [0.29, 0.717) is 6.61 Å². The summed E-state index contributed by atoms with van der Waals surface area (Å²) in [5.41, 5.74) is 5.94. The zero-order valence-electron chi connectivity index (χ0n) is 16.6. The SMILES string of the molecule is CCCOc1cc(-c2n[nH]c3c2CN(Cc2ccccc2)CC3)ccc1OC. The molecule has 0 spiro atoms. The molecule has 0 atom stereocenters. The summed E-state index contributed by atoms with van der Waals surface area (Å²) in [6.07, 6.45) is 1.95. The second-order valence-electron chi connectivity index (χ2n) is 7.19. The summed E-state index contributed by atoms with van der Waals surface area (Å²) < 4.78 is 11.3. The van der Waals surface area contributed by atoms with E-state index in [-0.39, 0.29) is 0 Å². The Hall–Kier alpha value is -2.79. The predicted octanol–water partition coefficient (Wildman–Crippen LogP) is 4.43. The summed E-state index contributed by atoms with van der Waals surface area (Å²) in [4.78, 5) is 2.48. The highest BCUT2D eigenvalue weighted by Crippen LogP contribution is 2.35. The Kier molecular flexibility index (Phi) is 5.63. The average molecular weight is 377 g/mol. The number of nitrogens with zero attached hydrogens (tertiary/aromatic N) is 2. The monoisotopic (exact) mass is 377 g/mol. The van der Waals surface area contributed by atoms with Crippen molar-refractivity contribution in [3.8, 4) is 22.8 Å². The topological polar surface area (TPSA) is 50.4 Å². The number of aromatic amines is 1. The second kappa shape index (κ2) is 8.48. The van der Waals surface area contributed by atoms with Crippen molar-refractivity contribution in [2.75, 3.05) is 20.3 Å². The fourth-order valence-electron chi connectivity index (χ4n) is 3.72. The number of ether oxygens (including phenoxy) is 2. The molecule has 0 saturated carbocycles. The van der Waals surface area contributed by atoms with Gasteiger partial charge in [0.05, 0.1) is 19.4 Å². The Bertz CT molecular complexity index is 921. The van der Waals surface area contributed by atoms with Gasteiger partial charge < -0.3 is 9.47 Å². The molecule has 146 valence electrons. The van der Waals surface area contributed by atoms with E-state index in [2.05, 4.69) is 58.4 Å². The van der Waals surface area contributed by atoms with Crippen LogP contribution in [-0.4, -0.2) is 35.4 Å². The Balaban J connectivity index is 1.59. The molecule has 5 nitrogen and oxygen atoms in total. The van der Waals surface area contributed by atoms with Crippen molar-refractivity contribution >= 4 is 0 Å². The lowest BCUT2D eigenvalue weighted by molar-refractivity contribution is 0.245. The number of hydrogen-bond acceptors (Lipinski definition) is 4. The van der Waals surface area contributed by atoms with Crippen LogP contribution < -0.4 is 9.47 Å². The molecule has 5 heteroatoms. The van der Waals surface area contributed by atoms with Crippen LogP contribution in [0.3, 0.4) is 0 Å². The van der Waals surface area contributed by atoms with Crippen molar-refractivity contribution < 1.29 is 9.47 Å². The quantitative estimate of drug-likeness (QED) is 0.662. The summed E-state index contributed by atoms with van der Waals surface area (Å²) in [7, 11) is 1.67. The number of H-pyrrole nitrogens is 1. The minimum absolute atomic E-state index is 0.670. The number of rotatable bonds is 7. The molecular weight excluding hydrogens is 350 g/mol. The maximum Gasteiger partial charge on any atom is 0.161 e. The van der Waals surface area contributed by atoms with Gasteiger partial charge in [-0.1, -0.05) is 37.3 Å². The maximum atomic E-state index is 5.89. The zero-order chi connectivity index (χ0) is 19.3. The van der Waals surface area contributed by atoms with Crippen LogP contribution in [-0.2, 0) is 19.5 Å². The van der Waals surface area contributed by atoms with Crippen LogP contribution in [0.15, 0.2) is 48.5 Å². The molecule has 0 fully saturated rings. The number of methoxy groups -OCH3 is 1. The van der Waals surface area contributed by atoms with E-state index in [1.54, 1.807) is 7.11 Å². The number of hydrogen-bond donors (Lipinski definition) is 1. The Labute approximate surface area is 166 Å². The summed E-state index contributed by atoms with van der Waals surface area (Å²) >= 11 is 0. The minimum atomic E-state index is 0.670. The number of aromatic nitrogens is 2. The Morgan fingerprint density at radius 1 is 1.11 bits per heavy atom. The van der Waals surface area contributed by atoms with E-state index in [1.165, 1.54) is 16.8 Å². The predicted molar refractivity (Wildman–Crippen MR) is 111 cm³/mol. The molecule has 0 unspecified atom stereocenters. The van der Waals surface area contributed by atoms with Gasteiger partial charge in [0, 0.05) is 42.9 Å². The van der Waals surface area contributed by atoms with Crippen LogP contribution >= 0.6 is 0 Å². The second-order valence-corrected chi connectivity index (χ2v) is 7.19. The Morgan fingerprint density at radius 2 is 1.96 bits per heavy atom. The zero-order valence-corrected chi connectivity index (χ0v) is 16.6. The lowest BCUT2D eigenvalue weighted by Crippen LogP contribution is -2.29. The molecule has 0 radical (unpaired) electrons. The third-order valence-electron chi connectivity index (χ3n) is 5.16. The van der Waals surface area contributed by atoms with Crippen molar-refractivity contribution in [3.05, 3.63) is 65.4 Å². The molecular formula is C23H27N3O2. The molecule has 0 amide bonds. The molecule has 28 heavy (non-hydrogen) atoms. The minimum Gasteiger partial charge on any atom is -0.493 e. The molecule has 0 saturated heterocycles. The molecule has 1 aliphatic rings. The third kappa shape index (κ3) is 3.90. The van der Waals surface area contributed by atoms with Crippen molar-refractivity contribution in [1.29, 1.82) is 0 Å². The summed E-state index contributed by atoms with van der Waals surface area (Å²) in [6, 6.07) is 16.7. The first kappa shape index (κ1) is 18.6. The van der Waals surface area contributed by atoms with Gasteiger partial charge >= 0.3 is 0 Å². The standard InChI is InChI=1S/C23H27N3O2/c1-3-13-28-22-14-18(9-10-21(22)27-2)23-19-16-26(12-11-20(19)24-25-23)15-17-7-5-4-6-8-17/h4-10,14H,3,11-13,15-16H2,1-2H3,(H,24,25). The van der Waals surface area contributed by atoms with Gasteiger partial charge in [-0.3, -0.25) is 10.00 Å². The lowest BCUT2D eigenvalue weighted by Gasteiger charge is -2.27. The van der Waals surface area contributed by atoms with Gasteiger partial charge in [-0.25, -0.2) is 0 Å². The molecule has 2 heterocycles. The summed E-state index contributed by atoms with van der Waals surface area (Å²) in [5, 5.41) is 7.89. The van der Waals surface area contributed by atoms with Gasteiger partial charge in [0.2, 0.25) is 0 Å². The van der Waals surface area contributed by atoms with E-state index in [9.17, 15) is 0 Å². The highest BCUT2D eigenvalue weighted by Gasteiger charge is 2.23. The van der Waals surface area contributed by atoms with Gasteiger partial charge in [0.15, 0.2) is 11.5 Å². The first-order valence-corrected chi connectivity index (χ1v) is 9.92. The first-order valence-electron chi connectivity index (χ1n) is 9.92. The average Bonchev–Trinajstić information content (AvgIpc) is 3.16. The van der Waals surface area contributed by atoms with Gasteiger partial charge in [0.25, 0.3) is 0 Å². The van der Waals surface area contributed by atoms with Crippen LogP contribution in [0, 0.1) is 0 Å². The van der Waals surface area contributed by atoms with Gasteiger partial charge in [-0.05, 0) is 30.2 Å². The van der Waals surface area contributed by atoms with Gasteiger partial charge in [-0.15, -0.1) is 0 Å². The van der Waals surface area contributed by atoms with Crippen LogP contribution in [0.1, 0.15) is 30.2 Å². The normalized spacial score (nSPS) is 13.9. The van der Waals surface area contributed by atoms with Crippen molar-refractivity contribution in [2.45, 2.75) is 32.9 Å². The van der Waals surface area contributed by atoms with Crippen molar-refractivity contribution in [3.63, 3.8) is 0 Å². The number of nitrogens with one attached hydrogen (secondary N) is 1. The largest absolute Gasteiger partial charge is 0.493 e.